The van der Waals surface area contributed by atoms with E-state index in [-0.39, 0.29) is 19.4 Å². The Morgan fingerprint density at radius 3 is 1.15 bits per heavy atom. The average molecular weight is 1050 g/mol. The minimum Gasteiger partial charge on any atom is -0.481 e. The van der Waals surface area contributed by atoms with Crippen molar-refractivity contribution in [1.82, 2.24) is 47.9 Å². The van der Waals surface area contributed by atoms with Gasteiger partial charge in [0.2, 0.25) is 59.1 Å². The van der Waals surface area contributed by atoms with Gasteiger partial charge in [0.05, 0.1) is 37.5 Å². The molecule has 30 heteroatoms. The first kappa shape index (κ1) is 66.0. The summed E-state index contributed by atoms with van der Waals surface area (Å²) in [5.41, 5.74) is 16.5. The molecular formula is C43H74N12O18. The summed E-state index contributed by atoms with van der Waals surface area (Å²) in [6, 6.07) is -14.9. The maximum Gasteiger partial charge on any atom is 0.322 e. The van der Waals surface area contributed by atoms with Crippen LogP contribution in [-0.2, 0) is 62.3 Å². The lowest BCUT2D eigenvalue weighted by atomic mass is 9.98. The van der Waals surface area contributed by atoms with Crippen LogP contribution < -0.4 is 65.1 Å². The van der Waals surface area contributed by atoms with Crippen molar-refractivity contribution in [2.24, 2.45) is 35.0 Å². The number of primary amides is 1. The topological polar surface area (TPSA) is 509 Å². The molecule has 414 valence electrons. The van der Waals surface area contributed by atoms with Crippen LogP contribution in [0.3, 0.4) is 0 Å². The van der Waals surface area contributed by atoms with Crippen molar-refractivity contribution >= 4 is 77.0 Å². The van der Waals surface area contributed by atoms with E-state index in [1.165, 1.54) is 41.5 Å². The van der Waals surface area contributed by atoms with Crippen molar-refractivity contribution in [1.29, 1.82) is 0 Å². The van der Waals surface area contributed by atoms with Gasteiger partial charge in [0.25, 0.3) is 0 Å². The second kappa shape index (κ2) is 32.1. The minimum atomic E-state index is -1.92. The molecule has 0 aromatic rings. The largest absolute Gasteiger partial charge is 0.481 e. The summed E-state index contributed by atoms with van der Waals surface area (Å²) in [4.78, 5) is 167. The number of hydrogen-bond acceptors (Lipinski definition) is 17. The van der Waals surface area contributed by atoms with Crippen molar-refractivity contribution in [2.75, 3.05) is 13.1 Å². The Morgan fingerprint density at radius 1 is 0.411 bits per heavy atom. The molecule has 0 aliphatic rings. The molecule has 0 aliphatic heterocycles. The summed E-state index contributed by atoms with van der Waals surface area (Å²) in [6.45, 7) is 10.4. The third kappa shape index (κ3) is 24.3. The van der Waals surface area contributed by atoms with Gasteiger partial charge in [-0.05, 0) is 57.4 Å². The van der Waals surface area contributed by atoms with E-state index in [1.807, 2.05) is 5.32 Å². The molecule has 73 heavy (non-hydrogen) atoms. The molecule has 0 unspecified atom stereocenters. The van der Waals surface area contributed by atoms with Gasteiger partial charge in [-0.1, -0.05) is 41.5 Å². The molecule has 0 aliphatic carbocycles. The lowest BCUT2D eigenvalue weighted by Crippen LogP contribution is -2.63. The molecule has 0 spiro atoms. The van der Waals surface area contributed by atoms with Crippen molar-refractivity contribution < 1.29 is 87.9 Å². The molecule has 0 heterocycles. The zero-order valence-corrected chi connectivity index (χ0v) is 42.0. The van der Waals surface area contributed by atoms with Crippen molar-refractivity contribution in [3.05, 3.63) is 0 Å². The second-order valence-electron chi connectivity index (χ2n) is 18.2. The molecule has 0 bridgehead atoms. The maximum atomic E-state index is 13.9. The molecule has 20 N–H and O–H groups in total. The Kier molecular flexibility index (Phi) is 29.0. The van der Waals surface area contributed by atoms with Crippen LogP contribution in [0.5, 0.6) is 0 Å². The number of rotatable bonds is 34. The van der Waals surface area contributed by atoms with Gasteiger partial charge < -0.3 is 90.6 Å². The molecule has 0 rings (SSSR count). The number of carboxylic acids is 3. The summed E-state index contributed by atoms with van der Waals surface area (Å²) in [6.07, 6.45) is -5.54. The highest BCUT2D eigenvalue weighted by Gasteiger charge is 2.38. The Labute approximate surface area is 420 Å². The minimum absolute atomic E-state index is 0.150. The van der Waals surface area contributed by atoms with E-state index in [0.29, 0.717) is 6.42 Å². The van der Waals surface area contributed by atoms with Gasteiger partial charge in [-0.3, -0.25) is 62.3 Å². The highest BCUT2D eigenvalue weighted by Crippen LogP contribution is 2.11. The number of aliphatic hydroxyl groups is 2. The van der Waals surface area contributed by atoms with Crippen LogP contribution in [0.1, 0.15) is 93.9 Å². The predicted octanol–water partition coefficient (Wildman–Crippen LogP) is -6.92. The monoisotopic (exact) mass is 1050 g/mol. The lowest BCUT2D eigenvalue weighted by molar-refractivity contribution is -0.142. The van der Waals surface area contributed by atoms with Gasteiger partial charge in [-0.15, -0.1) is 0 Å². The molecule has 30 nitrogen and oxygen atoms in total. The fourth-order valence-corrected chi connectivity index (χ4v) is 6.57. The molecule has 10 amide bonds. The summed E-state index contributed by atoms with van der Waals surface area (Å²) in [5.74, 6) is -17.8. The molecule has 0 saturated heterocycles. The van der Waals surface area contributed by atoms with Crippen molar-refractivity contribution in [3.63, 3.8) is 0 Å². The zero-order valence-electron chi connectivity index (χ0n) is 42.0. The van der Waals surface area contributed by atoms with Gasteiger partial charge >= 0.3 is 17.9 Å². The SMILES string of the molecule is CC(C)[C@H](NC(=O)[C@H](CC(=O)O)NC(=O)[C@H](CCCCN)NC(=O)[C@@H](NC(=O)[C@@H](N)CC(=O)O)[C@@H](C)O)C(=O)N[C@H](C(=O)N[C@@H](CC(N)=O)C(=O)N[C@H](C(=O)N[C@H](C(=O)NCC(=O)O)[C@@H](C)O)C(C)C)C(C)C. The summed E-state index contributed by atoms with van der Waals surface area (Å²) in [5, 5.41) is 68.4. The Bertz CT molecular complexity index is 1980. The van der Waals surface area contributed by atoms with E-state index in [0.717, 1.165) is 13.8 Å². The van der Waals surface area contributed by atoms with Crippen LogP contribution >= 0.6 is 0 Å². The van der Waals surface area contributed by atoms with E-state index < -0.39 is 187 Å². The molecule has 11 atom stereocenters. The quantitative estimate of drug-likeness (QED) is 0.0266. The smallest absolute Gasteiger partial charge is 0.322 e. The number of amides is 10. The van der Waals surface area contributed by atoms with Crippen molar-refractivity contribution in [3.8, 4) is 0 Å². The normalized spacial score (nSPS) is 15.7. The lowest BCUT2D eigenvalue weighted by Gasteiger charge is -2.30. The van der Waals surface area contributed by atoms with Crippen LogP contribution in [-0.4, -0.2) is 182 Å². The van der Waals surface area contributed by atoms with E-state index in [4.69, 9.17) is 27.4 Å². The Hall–Kier alpha value is -7.05. The molecule has 0 aromatic carbocycles. The summed E-state index contributed by atoms with van der Waals surface area (Å²) >= 11 is 0. The fourth-order valence-electron chi connectivity index (χ4n) is 6.57. The van der Waals surface area contributed by atoms with E-state index in [1.54, 1.807) is 0 Å². The average Bonchev–Trinajstić information content (AvgIpc) is 3.26. The van der Waals surface area contributed by atoms with Crippen LogP contribution in [0.4, 0.5) is 0 Å². The van der Waals surface area contributed by atoms with E-state index in [9.17, 15) is 77.6 Å². The Balaban J connectivity index is 6.53. The first-order valence-corrected chi connectivity index (χ1v) is 23.2. The number of carbonyl (C=O) groups is 13. The van der Waals surface area contributed by atoms with E-state index >= 15 is 0 Å². The number of carboxylic acid groups (broad SMARTS) is 3. The Morgan fingerprint density at radius 2 is 0.753 bits per heavy atom. The molecule has 0 aromatic heterocycles. The number of hydrogen-bond donors (Lipinski definition) is 17. The highest BCUT2D eigenvalue weighted by molar-refractivity contribution is 6.00. The highest BCUT2D eigenvalue weighted by atomic mass is 16.4. The molecule has 0 radical (unpaired) electrons. The number of aliphatic hydroxyl groups excluding tert-OH is 2. The molecule has 0 saturated carbocycles. The number of unbranched alkanes of at least 4 members (excludes halogenated alkanes) is 1. The van der Waals surface area contributed by atoms with Crippen LogP contribution in [0, 0.1) is 17.8 Å². The summed E-state index contributed by atoms with van der Waals surface area (Å²) in [7, 11) is 0. The first-order valence-electron chi connectivity index (χ1n) is 23.2. The molecular weight excluding hydrogens is 973 g/mol. The third-order valence-corrected chi connectivity index (χ3v) is 10.6. The van der Waals surface area contributed by atoms with Gasteiger partial charge in [-0.25, -0.2) is 0 Å². The number of nitrogens with two attached hydrogens (primary N) is 3. The van der Waals surface area contributed by atoms with Crippen molar-refractivity contribution in [2.45, 2.75) is 160 Å². The standard InChI is InChI=1S/C43H74N12O18/c1-17(2)30(40(70)50-24(14-26(46)58)37(67)51-32(19(5)6)42(72)55-33(20(7)56)39(69)47-16-29(63)64)53-41(71)31(18(3)4)52-38(68)25(15-28(61)62)49-36(66)23(11-9-10-12-44)48-43(73)34(21(8)57)54-35(65)22(45)13-27(59)60/h17-25,30-34,56-57H,9-16,44-45H2,1-8H3,(H2,46,58)(H,47,69)(H,48,73)(H,49,66)(H,50,70)(H,51,67)(H,52,68)(H,53,71)(H,54,65)(H,55,72)(H,59,60)(H,61,62)(H,63,64)/t20-,21-,22+,23+,24+,25+,30+,31+,32+,33+,34+/m1/s1. The van der Waals surface area contributed by atoms with Gasteiger partial charge in [0.1, 0.15) is 54.9 Å². The van der Waals surface area contributed by atoms with Crippen LogP contribution in [0.25, 0.3) is 0 Å². The van der Waals surface area contributed by atoms with E-state index in [2.05, 4.69) is 42.5 Å². The number of aliphatic carboxylic acids is 3. The number of nitrogens with one attached hydrogen (secondary N) is 9. The summed E-state index contributed by atoms with van der Waals surface area (Å²) < 4.78 is 0. The van der Waals surface area contributed by atoms with Crippen LogP contribution in [0.2, 0.25) is 0 Å². The van der Waals surface area contributed by atoms with Crippen LogP contribution in [0.15, 0.2) is 0 Å². The number of carbonyl (C=O) groups excluding carboxylic acids is 10. The zero-order chi connectivity index (χ0) is 56.6. The maximum absolute atomic E-state index is 13.9. The van der Waals surface area contributed by atoms with Gasteiger partial charge in [0.15, 0.2) is 0 Å². The fraction of sp³-hybridized carbons (Fsp3) is 0.698. The second-order valence-corrected chi connectivity index (χ2v) is 18.2. The third-order valence-electron chi connectivity index (χ3n) is 10.6. The van der Waals surface area contributed by atoms with Gasteiger partial charge in [-0.2, -0.15) is 0 Å². The molecule has 0 fully saturated rings. The van der Waals surface area contributed by atoms with Gasteiger partial charge in [0, 0.05) is 0 Å². The predicted molar refractivity (Wildman–Crippen MR) is 253 cm³/mol. The first-order chi connectivity index (χ1) is 33.7.